The molecule has 0 N–H and O–H groups in total. The summed E-state index contributed by atoms with van der Waals surface area (Å²) in [6, 6.07) is 0. The number of aryl methyl sites for hydroxylation is 1. The molecule has 27 heavy (non-hydrogen) atoms. The summed E-state index contributed by atoms with van der Waals surface area (Å²) in [5, 5.41) is 0. The Hall–Kier alpha value is -2.84. The van der Waals surface area contributed by atoms with Gasteiger partial charge in [-0.05, 0) is 27.2 Å². The van der Waals surface area contributed by atoms with Crippen LogP contribution in [0.3, 0.4) is 0 Å². The summed E-state index contributed by atoms with van der Waals surface area (Å²) in [6.07, 6.45) is 0.820. The molecule has 0 aliphatic carbocycles. The van der Waals surface area contributed by atoms with E-state index in [0.29, 0.717) is 0 Å². The van der Waals surface area contributed by atoms with E-state index in [1.54, 1.807) is 27.8 Å². The Balaban J connectivity index is 2.60. The zero-order chi connectivity index (χ0) is 20.1. The number of anilines is 1. The Morgan fingerprint density at radius 3 is 2.30 bits per heavy atom. The highest BCUT2D eigenvalue weighted by atomic mass is 16.6. The van der Waals surface area contributed by atoms with Gasteiger partial charge in [0.25, 0.3) is 0 Å². The molecule has 0 fully saturated rings. The van der Waals surface area contributed by atoms with Gasteiger partial charge in [0.05, 0.1) is 30.9 Å². The van der Waals surface area contributed by atoms with Crippen LogP contribution in [-0.2, 0) is 26.1 Å². The number of hydrogen-bond donors (Lipinski definition) is 0. The number of Topliss-reactive ketones (excluding diaryl/α,β-unsaturated/α-hetero) is 1. The van der Waals surface area contributed by atoms with E-state index in [4.69, 9.17) is 14.2 Å². The second-order valence-electron chi connectivity index (χ2n) is 5.88. The number of rotatable bonds is 5. The maximum absolute atomic E-state index is 13.1. The van der Waals surface area contributed by atoms with E-state index in [0.717, 1.165) is 0 Å². The van der Waals surface area contributed by atoms with Gasteiger partial charge in [0.2, 0.25) is 0 Å². The normalized spacial score (nSPS) is 16.4. The number of nitrogens with zero attached hydrogens (tertiary/aromatic N) is 2. The highest BCUT2D eigenvalue weighted by molar-refractivity contribution is 6.18. The predicted molar refractivity (Wildman–Crippen MR) is 94.8 cm³/mol. The lowest BCUT2D eigenvalue weighted by Gasteiger charge is -2.21. The molecule has 0 unspecified atom stereocenters. The maximum atomic E-state index is 13.1. The molecule has 2 rings (SSSR count). The van der Waals surface area contributed by atoms with Crippen molar-refractivity contribution < 1.29 is 33.4 Å². The molecule has 0 spiro atoms. The molecule has 1 amide bonds. The first-order valence-electron chi connectivity index (χ1n) is 8.88. The molecular formula is C18H24N2O7. The van der Waals surface area contributed by atoms with E-state index >= 15 is 0 Å². The van der Waals surface area contributed by atoms with Crippen molar-refractivity contribution in [3.63, 3.8) is 0 Å². The molecule has 0 saturated heterocycles. The SMILES string of the molecule is CCOC(=O)c1cn(C)c2c1C(=O)[C@H](C(=O)OCC)CCN2C(=O)OCC. The smallest absolute Gasteiger partial charge is 0.415 e. The average Bonchev–Trinajstić information content (AvgIpc) is 2.87. The first-order valence-corrected chi connectivity index (χ1v) is 8.88. The summed E-state index contributed by atoms with van der Waals surface area (Å²) >= 11 is 0. The minimum atomic E-state index is -1.11. The van der Waals surface area contributed by atoms with Crippen molar-refractivity contribution in [3.8, 4) is 0 Å². The molecule has 0 aromatic carbocycles. The lowest BCUT2D eigenvalue weighted by molar-refractivity contribution is -0.146. The minimum Gasteiger partial charge on any atom is -0.465 e. The molecule has 1 aromatic heterocycles. The monoisotopic (exact) mass is 380 g/mol. The Labute approximate surface area is 157 Å². The molecule has 1 aliphatic rings. The average molecular weight is 380 g/mol. The minimum absolute atomic E-state index is 0.00449. The Bertz CT molecular complexity index is 753. The van der Waals surface area contributed by atoms with E-state index < -0.39 is 29.7 Å². The predicted octanol–water partition coefficient (Wildman–Crippen LogP) is 1.93. The second-order valence-corrected chi connectivity index (χ2v) is 5.88. The molecule has 0 saturated carbocycles. The maximum Gasteiger partial charge on any atom is 0.415 e. The lowest BCUT2D eigenvalue weighted by atomic mass is 9.95. The quantitative estimate of drug-likeness (QED) is 0.437. The van der Waals surface area contributed by atoms with Crippen LogP contribution < -0.4 is 4.90 Å². The fourth-order valence-corrected chi connectivity index (χ4v) is 3.06. The van der Waals surface area contributed by atoms with Crippen LogP contribution in [0, 0.1) is 5.92 Å². The van der Waals surface area contributed by atoms with Crippen molar-refractivity contribution in [3.05, 3.63) is 17.3 Å². The molecule has 2 heterocycles. The fourth-order valence-electron chi connectivity index (χ4n) is 3.06. The van der Waals surface area contributed by atoms with Gasteiger partial charge in [0, 0.05) is 19.8 Å². The lowest BCUT2D eigenvalue weighted by Crippen LogP contribution is -2.34. The number of aromatic nitrogens is 1. The van der Waals surface area contributed by atoms with E-state index in [9.17, 15) is 19.2 Å². The van der Waals surface area contributed by atoms with Gasteiger partial charge in [0.1, 0.15) is 11.7 Å². The van der Waals surface area contributed by atoms with Crippen LogP contribution >= 0.6 is 0 Å². The van der Waals surface area contributed by atoms with E-state index in [1.807, 2.05) is 0 Å². The number of esters is 2. The van der Waals surface area contributed by atoms with Gasteiger partial charge in [0.15, 0.2) is 5.78 Å². The first-order chi connectivity index (χ1) is 12.9. The zero-order valence-electron chi connectivity index (χ0n) is 15.9. The third-order valence-electron chi connectivity index (χ3n) is 4.16. The number of carbonyl (C=O) groups excluding carboxylic acids is 4. The third kappa shape index (κ3) is 3.96. The van der Waals surface area contributed by atoms with E-state index in [2.05, 4.69) is 0 Å². The standard InChI is InChI=1S/C18H24N2O7/c1-5-25-16(22)11-8-9-20(18(24)27-7-3)15-13(14(11)21)12(10-19(15)4)17(23)26-6-2/h10-11H,5-9H2,1-4H3/t11-/m1/s1. The fraction of sp³-hybridized carbons (Fsp3) is 0.556. The van der Waals surface area contributed by atoms with Gasteiger partial charge >= 0.3 is 18.0 Å². The molecule has 9 nitrogen and oxygen atoms in total. The molecule has 0 bridgehead atoms. The summed E-state index contributed by atoms with van der Waals surface area (Å²) < 4.78 is 16.6. The summed E-state index contributed by atoms with van der Waals surface area (Å²) in [5.74, 6) is -2.86. The van der Waals surface area contributed by atoms with Crippen LogP contribution in [-0.4, -0.2) is 54.7 Å². The van der Waals surface area contributed by atoms with Gasteiger partial charge in [-0.25, -0.2) is 9.59 Å². The largest absolute Gasteiger partial charge is 0.465 e. The molecule has 0 radical (unpaired) electrons. The van der Waals surface area contributed by atoms with E-state index in [-0.39, 0.29) is 49.7 Å². The van der Waals surface area contributed by atoms with Crippen molar-refractivity contribution >= 4 is 29.6 Å². The van der Waals surface area contributed by atoms with Crippen LogP contribution in [0.4, 0.5) is 10.6 Å². The van der Waals surface area contributed by atoms with Crippen LogP contribution in [0.15, 0.2) is 6.20 Å². The summed E-state index contributed by atoms with van der Waals surface area (Å²) in [5.41, 5.74) is -0.0237. The van der Waals surface area contributed by atoms with E-state index in [1.165, 1.54) is 15.7 Å². The van der Waals surface area contributed by atoms with Gasteiger partial charge < -0.3 is 18.8 Å². The molecule has 1 aliphatic heterocycles. The van der Waals surface area contributed by atoms with Gasteiger partial charge in [-0.15, -0.1) is 0 Å². The van der Waals surface area contributed by atoms with Crippen LogP contribution in [0.2, 0.25) is 0 Å². The number of ether oxygens (including phenoxy) is 3. The van der Waals surface area contributed by atoms with Crippen molar-refractivity contribution in [2.24, 2.45) is 13.0 Å². The highest BCUT2D eigenvalue weighted by Gasteiger charge is 2.41. The van der Waals surface area contributed by atoms with Gasteiger partial charge in [-0.2, -0.15) is 0 Å². The van der Waals surface area contributed by atoms with Crippen molar-refractivity contribution in [2.75, 3.05) is 31.3 Å². The number of ketones is 1. The summed E-state index contributed by atoms with van der Waals surface area (Å²) in [6.45, 7) is 5.42. The molecule has 1 atom stereocenters. The van der Waals surface area contributed by atoms with Crippen molar-refractivity contribution in [1.82, 2.24) is 4.57 Å². The molecule has 9 heteroatoms. The molecule has 148 valence electrons. The third-order valence-corrected chi connectivity index (χ3v) is 4.16. The van der Waals surface area contributed by atoms with Crippen LogP contribution in [0.1, 0.15) is 47.9 Å². The number of amides is 1. The topological polar surface area (TPSA) is 104 Å². The van der Waals surface area contributed by atoms with Crippen molar-refractivity contribution in [1.29, 1.82) is 0 Å². The summed E-state index contributed by atoms with van der Waals surface area (Å²) in [7, 11) is 1.60. The van der Waals surface area contributed by atoms with Crippen LogP contribution in [0.5, 0.6) is 0 Å². The Kier molecular flexibility index (Phi) is 6.59. The number of hydrogen-bond acceptors (Lipinski definition) is 7. The number of carbonyl (C=O) groups is 4. The second kappa shape index (κ2) is 8.70. The Morgan fingerprint density at radius 1 is 1.07 bits per heavy atom. The zero-order valence-corrected chi connectivity index (χ0v) is 15.9. The highest BCUT2D eigenvalue weighted by Crippen LogP contribution is 2.34. The van der Waals surface area contributed by atoms with Crippen LogP contribution in [0.25, 0.3) is 0 Å². The van der Waals surface area contributed by atoms with Crippen molar-refractivity contribution in [2.45, 2.75) is 27.2 Å². The summed E-state index contributed by atoms with van der Waals surface area (Å²) in [4.78, 5) is 51.4. The Morgan fingerprint density at radius 2 is 1.70 bits per heavy atom. The van der Waals surface area contributed by atoms with Gasteiger partial charge in [-0.1, -0.05) is 0 Å². The molecular weight excluding hydrogens is 356 g/mol. The van der Waals surface area contributed by atoms with Gasteiger partial charge in [-0.3, -0.25) is 14.5 Å². The molecule has 1 aromatic rings. The first kappa shape index (κ1) is 20.5. The number of fused-ring (bicyclic) bond motifs is 1.